The van der Waals surface area contributed by atoms with Crippen molar-refractivity contribution in [3.63, 3.8) is 0 Å². The van der Waals surface area contributed by atoms with Gasteiger partial charge in [-0.15, -0.1) is 11.8 Å². The van der Waals surface area contributed by atoms with E-state index < -0.39 is 10.0 Å². The fraction of sp³-hybridized carbons (Fsp3) is 0.143. The van der Waals surface area contributed by atoms with E-state index in [4.69, 9.17) is 0 Å². The van der Waals surface area contributed by atoms with Crippen molar-refractivity contribution in [3.05, 3.63) is 59.9 Å². The summed E-state index contributed by atoms with van der Waals surface area (Å²) in [6, 6.07) is 12.5. The minimum absolute atomic E-state index is 0.0599. The first-order valence-electron chi connectivity index (χ1n) is 5.89. The normalized spacial score (nSPS) is 11.5. The minimum Gasteiger partial charge on any atom is -0.207 e. The molecule has 0 heterocycles. The number of benzene rings is 2. The lowest BCUT2D eigenvalue weighted by Crippen LogP contribution is -2.23. The Hall–Kier alpha value is -1.37. The van der Waals surface area contributed by atoms with Crippen LogP contribution in [0.2, 0.25) is 0 Å². The van der Waals surface area contributed by atoms with Crippen LogP contribution in [0, 0.1) is 5.82 Å². The second-order valence-corrected chi connectivity index (χ2v) is 6.78. The van der Waals surface area contributed by atoms with Crippen LogP contribution >= 0.6 is 11.8 Å². The van der Waals surface area contributed by atoms with Crippen molar-refractivity contribution in [2.45, 2.75) is 16.3 Å². The number of halogens is 1. The number of hydrogen-bond acceptors (Lipinski definition) is 3. The molecule has 106 valence electrons. The maximum atomic E-state index is 13.0. The van der Waals surface area contributed by atoms with Crippen molar-refractivity contribution < 1.29 is 12.8 Å². The fourth-order valence-corrected chi connectivity index (χ4v) is 3.09. The van der Waals surface area contributed by atoms with Crippen LogP contribution in [-0.2, 0) is 16.6 Å². The van der Waals surface area contributed by atoms with E-state index >= 15 is 0 Å². The molecule has 0 aliphatic rings. The highest BCUT2D eigenvalue weighted by molar-refractivity contribution is 7.98. The minimum atomic E-state index is -3.58. The molecule has 0 spiro atoms. The van der Waals surface area contributed by atoms with Crippen LogP contribution in [0.5, 0.6) is 0 Å². The van der Waals surface area contributed by atoms with Crippen LogP contribution in [0.15, 0.2) is 58.3 Å². The number of sulfonamides is 1. The fourth-order valence-electron chi connectivity index (χ4n) is 1.66. The molecule has 2 aromatic carbocycles. The van der Waals surface area contributed by atoms with E-state index in [0.717, 1.165) is 4.90 Å². The first kappa shape index (κ1) is 15.0. The highest BCUT2D eigenvalue weighted by Crippen LogP contribution is 2.17. The monoisotopic (exact) mass is 311 g/mol. The van der Waals surface area contributed by atoms with Crippen molar-refractivity contribution >= 4 is 21.8 Å². The van der Waals surface area contributed by atoms with Gasteiger partial charge in [0.2, 0.25) is 10.0 Å². The number of hydrogen-bond donors (Lipinski definition) is 1. The van der Waals surface area contributed by atoms with E-state index in [1.54, 1.807) is 48.2 Å². The second kappa shape index (κ2) is 6.39. The molecular weight excluding hydrogens is 297 g/mol. The second-order valence-electron chi connectivity index (χ2n) is 4.13. The summed E-state index contributed by atoms with van der Waals surface area (Å²) >= 11 is 1.54. The molecule has 1 N–H and O–H groups in total. The third kappa shape index (κ3) is 3.82. The van der Waals surface area contributed by atoms with Gasteiger partial charge in [0, 0.05) is 11.4 Å². The molecule has 0 fully saturated rings. The average Bonchev–Trinajstić information content (AvgIpc) is 2.45. The van der Waals surface area contributed by atoms with Gasteiger partial charge in [-0.05, 0) is 48.2 Å². The molecule has 0 aliphatic heterocycles. The van der Waals surface area contributed by atoms with Crippen LogP contribution in [-0.4, -0.2) is 14.7 Å². The molecular formula is C14H14FNO2S2. The number of nitrogens with one attached hydrogen (secondary N) is 1. The van der Waals surface area contributed by atoms with Gasteiger partial charge in [-0.2, -0.15) is 0 Å². The van der Waals surface area contributed by atoms with E-state index in [-0.39, 0.29) is 17.3 Å². The Bertz CT molecular complexity index is 685. The molecule has 3 nitrogen and oxygen atoms in total. The first-order chi connectivity index (χ1) is 9.51. The van der Waals surface area contributed by atoms with Gasteiger partial charge in [0.1, 0.15) is 5.82 Å². The molecule has 6 heteroatoms. The van der Waals surface area contributed by atoms with Crippen molar-refractivity contribution in [1.29, 1.82) is 0 Å². The van der Waals surface area contributed by atoms with Gasteiger partial charge in [0.15, 0.2) is 0 Å². The average molecular weight is 311 g/mol. The summed E-state index contributed by atoms with van der Waals surface area (Å²) in [6.07, 6.45) is 1.92. The Kier molecular flexibility index (Phi) is 4.80. The van der Waals surface area contributed by atoms with Gasteiger partial charge >= 0.3 is 0 Å². The molecule has 0 unspecified atom stereocenters. The predicted octanol–water partition coefficient (Wildman–Crippen LogP) is 3.03. The zero-order chi connectivity index (χ0) is 14.6. The van der Waals surface area contributed by atoms with Crippen LogP contribution in [0.4, 0.5) is 4.39 Å². The predicted molar refractivity (Wildman–Crippen MR) is 78.6 cm³/mol. The largest absolute Gasteiger partial charge is 0.240 e. The van der Waals surface area contributed by atoms with E-state index in [0.29, 0.717) is 5.56 Å². The van der Waals surface area contributed by atoms with Crippen LogP contribution < -0.4 is 4.72 Å². The van der Waals surface area contributed by atoms with Crippen molar-refractivity contribution in [1.82, 2.24) is 4.72 Å². The lowest BCUT2D eigenvalue weighted by atomic mass is 10.2. The Morgan fingerprint density at radius 3 is 2.45 bits per heavy atom. The van der Waals surface area contributed by atoms with Gasteiger partial charge in [0.25, 0.3) is 0 Å². The molecule has 0 radical (unpaired) electrons. The molecule has 0 aromatic heterocycles. The topological polar surface area (TPSA) is 46.2 Å². The summed E-state index contributed by atoms with van der Waals surface area (Å²) in [5.41, 5.74) is 0.578. The Morgan fingerprint density at radius 1 is 1.15 bits per heavy atom. The molecule has 0 saturated heterocycles. The summed E-state index contributed by atoms with van der Waals surface area (Å²) in [7, 11) is -3.58. The smallest absolute Gasteiger partial charge is 0.207 e. The third-order valence-electron chi connectivity index (χ3n) is 2.73. The molecule has 0 amide bonds. The molecule has 2 rings (SSSR count). The van der Waals surface area contributed by atoms with Crippen molar-refractivity contribution in [2.24, 2.45) is 0 Å². The molecule has 0 bridgehead atoms. The molecule has 0 atom stereocenters. The highest BCUT2D eigenvalue weighted by Gasteiger charge is 2.13. The van der Waals surface area contributed by atoms with Gasteiger partial charge in [0.05, 0.1) is 4.90 Å². The zero-order valence-electron chi connectivity index (χ0n) is 10.8. The Balaban J connectivity index is 2.10. The third-order valence-corrected chi connectivity index (χ3v) is 4.89. The van der Waals surface area contributed by atoms with Crippen LogP contribution in [0.3, 0.4) is 0 Å². The first-order valence-corrected chi connectivity index (χ1v) is 8.60. The van der Waals surface area contributed by atoms with Gasteiger partial charge in [-0.3, -0.25) is 0 Å². The standard InChI is InChI=1S/C14H14FNO2S2/c1-19-13-5-7-14(8-6-13)20(17,18)16-10-11-3-2-4-12(15)9-11/h2-9,16H,10H2,1H3. The van der Waals surface area contributed by atoms with E-state index in [2.05, 4.69) is 4.72 Å². The van der Waals surface area contributed by atoms with Crippen LogP contribution in [0.1, 0.15) is 5.56 Å². The summed E-state index contributed by atoms with van der Waals surface area (Å²) in [5, 5.41) is 0. The van der Waals surface area contributed by atoms with Crippen molar-refractivity contribution in [3.8, 4) is 0 Å². The Labute approximate surface area is 122 Å². The lowest BCUT2D eigenvalue weighted by Gasteiger charge is -2.07. The SMILES string of the molecule is CSc1ccc(S(=O)(=O)NCc2cccc(F)c2)cc1. The highest BCUT2D eigenvalue weighted by atomic mass is 32.2. The van der Waals surface area contributed by atoms with Gasteiger partial charge in [-0.1, -0.05) is 12.1 Å². The molecule has 0 saturated carbocycles. The maximum absolute atomic E-state index is 13.0. The number of rotatable bonds is 5. The quantitative estimate of drug-likeness (QED) is 0.863. The Morgan fingerprint density at radius 2 is 1.85 bits per heavy atom. The summed E-state index contributed by atoms with van der Waals surface area (Å²) in [6.45, 7) is 0.0599. The van der Waals surface area contributed by atoms with E-state index in [9.17, 15) is 12.8 Å². The molecule has 2 aromatic rings. The number of thioether (sulfide) groups is 1. The van der Waals surface area contributed by atoms with E-state index in [1.807, 2.05) is 6.26 Å². The van der Waals surface area contributed by atoms with Crippen molar-refractivity contribution in [2.75, 3.05) is 6.26 Å². The van der Waals surface area contributed by atoms with E-state index in [1.165, 1.54) is 12.1 Å². The summed E-state index contributed by atoms with van der Waals surface area (Å²) in [5.74, 6) is -0.383. The van der Waals surface area contributed by atoms with Gasteiger partial charge < -0.3 is 0 Å². The molecule has 0 aliphatic carbocycles. The van der Waals surface area contributed by atoms with Gasteiger partial charge in [-0.25, -0.2) is 17.5 Å². The lowest BCUT2D eigenvalue weighted by molar-refractivity contribution is 0.580. The summed E-state index contributed by atoms with van der Waals surface area (Å²) < 4.78 is 39.6. The molecule has 20 heavy (non-hydrogen) atoms. The zero-order valence-corrected chi connectivity index (χ0v) is 12.5. The maximum Gasteiger partial charge on any atom is 0.240 e. The van der Waals surface area contributed by atoms with Crippen LogP contribution in [0.25, 0.3) is 0 Å². The summed E-state index contributed by atoms with van der Waals surface area (Å²) in [4.78, 5) is 1.20.